The Balaban J connectivity index is 1.44. The third-order valence-corrected chi connectivity index (χ3v) is 6.78. The van der Waals surface area contributed by atoms with Crippen LogP contribution in [0, 0.1) is 0 Å². The van der Waals surface area contributed by atoms with Gasteiger partial charge in [0.25, 0.3) is 5.91 Å². The van der Waals surface area contributed by atoms with E-state index >= 15 is 0 Å². The van der Waals surface area contributed by atoms with Crippen molar-refractivity contribution in [1.29, 1.82) is 0 Å². The van der Waals surface area contributed by atoms with E-state index in [2.05, 4.69) is 17.1 Å². The van der Waals surface area contributed by atoms with Gasteiger partial charge in [0.05, 0.1) is 0 Å². The molecule has 2 N–H and O–H groups in total. The molecule has 174 valence electrons. The minimum atomic E-state index is -0.606. The third kappa shape index (κ3) is 4.66. The van der Waals surface area contributed by atoms with Crippen LogP contribution >= 0.6 is 0 Å². The van der Waals surface area contributed by atoms with Gasteiger partial charge in [0.1, 0.15) is 17.9 Å². The fourth-order valence-corrected chi connectivity index (χ4v) is 5.27. The number of hydrogen-bond donors (Lipinski definition) is 2. The number of benzene rings is 1. The molecule has 4 rings (SSSR count). The largest absolute Gasteiger partial charge is 0.489 e. The van der Waals surface area contributed by atoms with E-state index in [4.69, 9.17) is 4.74 Å². The van der Waals surface area contributed by atoms with Crippen molar-refractivity contribution in [2.45, 2.75) is 76.6 Å². The highest BCUT2D eigenvalue weighted by molar-refractivity contribution is 6.05. The molecule has 0 aromatic heterocycles. The van der Waals surface area contributed by atoms with Gasteiger partial charge < -0.3 is 14.7 Å². The molecule has 0 bridgehead atoms. The number of piperidine rings is 1. The summed E-state index contributed by atoms with van der Waals surface area (Å²) in [5.41, 5.74) is 1.46. The first-order valence-electron chi connectivity index (χ1n) is 11.8. The van der Waals surface area contributed by atoms with Crippen molar-refractivity contribution in [3.8, 4) is 5.75 Å². The average molecular weight is 444 g/mol. The Kier molecular flexibility index (Phi) is 7.10. The molecule has 2 aliphatic heterocycles. The number of rotatable bonds is 9. The standard InChI is InChI=1S/C24H33N3O5/c1-2-11-26(12-4-13-28)19-5-3-6-21(19)32-17-7-8-18-16(14-17)15-27(24(18)31)20-9-10-22(29)25-23(20)30/h7-8,14,19-21,28H,2-6,9-13,15H2,1H3,(H,25,29,30)/t19-,20?,21+/m0/s1. The van der Waals surface area contributed by atoms with Crippen LogP contribution in [0.5, 0.6) is 5.75 Å². The number of nitrogens with zero attached hydrogens (tertiary/aromatic N) is 2. The van der Waals surface area contributed by atoms with Crippen LogP contribution in [0.2, 0.25) is 0 Å². The summed E-state index contributed by atoms with van der Waals surface area (Å²) in [4.78, 5) is 40.6. The molecule has 8 heteroatoms. The number of amides is 3. The molecule has 1 aliphatic carbocycles. The van der Waals surface area contributed by atoms with Gasteiger partial charge in [-0.1, -0.05) is 6.92 Å². The van der Waals surface area contributed by atoms with Crippen molar-refractivity contribution in [2.75, 3.05) is 19.7 Å². The highest BCUT2D eigenvalue weighted by Crippen LogP contribution is 2.33. The lowest BCUT2D eigenvalue weighted by Gasteiger charge is -2.33. The first-order valence-corrected chi connectivity index (χ1v) is 11.8. The minimum absolute atomic E-state index is 0.0848. The van der Waals surface area contributed by atoms with Gasteiger partial charge in [-0.2, -0.15) is 0 Å². The van der Waals surface area contributed by atoms with E-state index in [-0.39, 0.29) is 30.9 Å². The second-order valence-corrected chi connectivity index (χ2v) is 8.99. The summed E-state index contributed by atoms with van der Waals surface area (Å²) in [6.45, 7) is 4.58. The van der Waals surface area contributed by atoms with Crippen LogP contribution in [0.1, 0.15) is 67.8 Å². The Morgan fingerprint density at radius 1 is 1.19 bits per heavy atom. The van der Waals surface area contributed by atoms with E-state index < -0.39 is 11.9 Å². The van der Waals surface area contributed by atoms with Gasteiger partial charge in [-0.25, -0.2) is 0 Å². The molecule has 1 aromatic carbocycles. The van der Waals surface area contributed by atoms with Crippen molar-refractivity contribution in [3.63, 3.8) is 0 Å². The highest BCUT2D eigenvalue weighted by atomic mass is 16.5. The zero-order chi connectivity index (χ0) is 22.7. The number of imide groups is 1. The summed E-state index contributed by atoms with van der Waals surface area (Å²) in [6.07, 6.45) is 5.71. The summed E-state index contributed by atoms with van der Waals surface area (Å²) < 4.78 is 6.41. The SMILES string of the molecule is CCCN(CCCO)[C@H]1CCC[C@H]1Oc1ccc2c(c1)CN(C1CCC(=O)NC1=O)C2=O. The number of aliphatic hydroxyl groups excluding tert-OH is 1. The van der Waals surface area contributed by atoms with Gasteiger partial charge in [-0.05, 0) is 68.8 Å². The molecular weight excluding hydrogens is 410 g/mol. The molecule has 8 nitrogen and oxygen atoms in total. The number of fused-ring (bicyclic) bond motifs is 1. The first kappa shape index (κ1) is 22.7. The van der Waals surface area contributed by atoms with Crippen LogP contribution in [0.25, 0.3) is 0 Å². The first-order chi connectivity index (χ1) is 15.5. The number of nitrogens with one attached hydrogen (secondary N) is 1. The number of ether oxygens (including phenoxy) is 1. The minimum Gasteiger partial charge on any atom is -0.489 e. The fourth-order valence-electron chi connectivity index (χ4n) is 5.27. The molecule has 2 fully saturated rings. The summed E-state index contributed by atoms with van der Waals surface area (Å²) in [5.74, 6) is -0.102. The van der Waals surface area contributed by atoms with Crippen molar-refractivity contribution < 1.29 is 24.2 Å². The van der Waals surface area contributed by atoms with E-state index in [1.54, 1.807) is 11.0 Å². The molecule has 1 saturated heterocycles. The normalized spacial score (nSPS) is 25.4. The van der Waals surface area contributed by atoms with Crippen molar-refractivity contribution in [1.82, 2.24) is 15.1 Å². The molecule has 3 atom stereocenters. The van der Waals surface area contributed by atoms with Crippen LogP contribution in [0.4, 0.5) is 0 Å². The van der Waals surface area contributed by atoms with Gasteiger partial charge in [0.15, 0.2) is 0 Å². The van der Waals surface area contributed by atoms with E-state index in [0.717, 1.165) is 56.5 Å². The predicted octanol–water partition coefficient (Wildman–Crippen LogP) is 1.84. The molecule has 1 aromatic rings. The second kappa shape index (κ2) is 10.0. The predicted molar refractivity (Wildman–Crippen MR) is 118 cm³/mol. The molecule has 0 radical (unpaired) electrons. The second-order valence-electron chi connectivity index (χ2n) is 8.99. The van der Waals surface area contributed by atoms with Gasteiger partial charge >= 0.3 is 0 Å². The van der Waals surface area contributed by atoms with Gasteiger partial charge in [-0.15, -0.1) is 0 Å². The maximum atomic E-state index is 12.9. The summed E-state index contributed by atoms with van der Waals surface area (Å²) in [7, 11) is 0. The maximum absolute atomic E-state index is 12.9. The Morgan fingerprint density at radius 3 is 2.78 bits per heavy atom. The van der Waals surface area contributed by atoms with Crippen LogP contribution < -0.4 is 10.1 Å². The van der Waals surface area contributed by atoms with Crippen LogP contribution in [-0.2, 0) is 16.1 Å². The lowest BCUT2D eigenvalue weighted by atomic mass is 10.0. The van der Waals surface area contributed by atoms with Crippen LogP contribution in [-0.4, -0.2) is 70.5 Å². The molecular formula is C24H33N3O5. The summed E-state index contributed by atoms with van der Waals surface area (Å²) in [5, 5.41) is 11.6. The highest BCUT2D eigenvalue weighted by Gasteiger charge is 2.39. The average Bonchev–Trinajstić information content (AvgIpc) is 3.35. The Bertz CT molecular complexity index is 873. The van der Waals surface area contributed by atoms with Crippen LogP contribution in [0.3, 0.4) is 0 Å². The molecule has 1 saturated carbocycles. The number of hydrogen-bond acceptors (Lipinski definition) is 6. The Hall–Kier alpha value is -2.45. The summed E-state index contributed by atoms with van der Waals surface area (Å²) >= 11 is 0. The Labute approximate surface area is 188 Å². The summed E-state index contributed by atoms with van der Waals surface area (Å²) in [6, 6.07) is 5.28. The molecule has 3 amide bonds. The molecule has 0 spiro atoms. The van der Waals surface area contributed by atoms with Gasteiger partial charge in [0.2, 0.25) is 11.8 Å². The number of aliphatic hydroxyl groups is 1. The third-order valence-electron chi connectivity index (χ3n) is 6.78. The van der Waals surface area contributed by atoms with E-state index in [0.29, 0.717) is 24.6 Å². The van der Waals surface area contributed by atoms with E-state index in [9.17, 15) is 19.5 Å². The van der Waals surface area contributed by atoms with Crippen molar-refractivity contribution >= 4 is 17.7 Å². The zero-order valence-electron chi connectivity index (χ0n) is 18.7. The lowest BCUT2D eigenvalue weighted by Crippen LogP contribution is -2.52. The number of carbonyl (C=O) groups excluding carboxylic acids is 3. The molecule has 2 heterocycles. The topological polar surface area (TPSA) is 99.2 Å². The zero-order valence-corrected chi connectivity index (χ0v) is 18.7. The van der Waals surface area contributed by atoms with Crippen molar-refractivity contribution in [3.05, 3.63) is 29.3 Å². The molecule has 1 unspecified atom stereocenters. The van der Waals surface area contributed by atoms with E-state index in [1.807, 2.05) is 12.1 Å². The smallest absolute Gasteiger partial charge is 0.255 e. The maximum Gasteiger partial charge on any atom is 0.255 e. The number of carbonyl (C=O) groups is 3. The van der Waals surface area contributed by atoms with Crippen LogP contribution in [0.15, 0.2) is 18.2 Å². The van der Waals surface area contributed by atoms with Gasteiger partial charge in [-0.3, -0.25) is 24.6 Å². The monoisotopic (exact) mass is 443 g/mol. The molecule has 3 aliphatic rings. The van der Waals surface area contributed by atoms with Crippen molar-refractivity contribution in [2.24, 2.45) is 0 Å². The quantitative estimate of drug-likeness (QED) is 0.565. The molecule has 32 heavy (non-hydrogen) atoms. The lowest BCUT2D eigenvalue weighted by molar-refractivity contribution is -0.136. The van der Waals surface area contributed by atoms with Gasteiger partial charge in [0, 0.05) is 37.7 Å². The fraction of sp³-hybridized carbons (Fsp3) is 0.625. The van der Waals surface area contributed by atoms with E-state index in [1.165, 1.54) is 0 Å². The Morgan fingerprint density at radius 2 is 2.03 bits per heavy atom.